The topological polar surface area (TPSA) is 58.2 Å². The minimum Gasteiger partial charge on any atom is -0.318 e. The van der Waals surface area contributed by atoms with Crippen LogP contribution in [-0.4, -0.2) is 11.8 Å². The average Bonchev–Trinajstić information content (AvgIpc) is 2.44. The number of anilines is 2. The van der Waals surface area contributed by atoms with Crippen LogP contribution in [0.1, 0.15) is 5.56 Å². The molecule has 4 nitrogen and oxygen atoms in total. The molecule has 108 valence electrons. The van der Waals surface area contributed by atoms with Crippen LogP contribution in [-0.2, 0) is 9.59 Å². The second-order valence-corrected chi connectivity index (χ2v) is 6.21. The molecule has 0 aliphatic carbocycles. The number of carbonyl (C=O) groups excluding carboxylic acids is 2. The third-order valence-electron chi connectivity index (χ3n) is 2.74. The summed E-state index contributed by atoms with van der Waals surface area (Å²) in [5, 5.41) is 5.13. The van der Waals surface area contributed by atoms with Gasteiger partial charge in [0.2, 0.25) is 0 Å². The van der Waals surface area contributed by atoms with E-state index in [9.17, 15) is 9.59 Å². The van der Waals surface area contributed by atoms with Gasteiger partial charge in [0.1, 0.15) is 0 Å². The van der Waals surface area contributed by atoms with Gasteiger partial charge < -0.3 is 10.6 Å². The summed E-state index contributed by atoms with van der Waals surface area (Å²) in [6, 6.07) is 12.4. The van der Waals surface area contributed by atoms with Crippen molar-refractivity contribution in [3.8, 4) is 0 Å². The van der Waals surface area contributed by atoms with Crippen LogP contribution in [0.4, 0.5) is 11.4 Å². The van der Waals surface area contributed by atoms with Crippen LogP contribution in [0.15, 0.2) is 51.4 Å². The summed E-state index contributed by atoms with van der Waals surface area (Å²) in [6.45, 7) is 1.85. The molecule has 0 aliphatic rings. The molecule has 21 heavy (non-hydrogen) atoms. The van der Waals surface area contributed by atoms with Gasteiger partial charge in [0.05, 0.1) is 0 Å². The van der Waals surface area contributed by atoms with E-state index in [1.807, 2.05) is 13.0 Å². The minimum absolute atomic E-state index is 0.561. The van der Waals surface area contributed by atoms with Crippen LogP contribution in [0, 0.1) is 6.92 Å². The molecule has 0 bridgehead atoms. The monoisotopic (exact) mass is 410 g/mol. The zero-order valence-electron chi connectivity index (χ0n) is 11.1. The van der Waals surface area contributed by atoms with E-state index in [-0.39, 0.29) is 0 Å². The van der Waals surface area contributed by atoms with E-state index >= 15 is 0 Å². The van der Waals surface area contributed by atoms with Crippen molar-refractivity contribution in [2.75, 3.05) is 10.6 Å². The lowest BCUT2D eigenvalue weighted by molar-refractivity contribution is -0.133. The molecule has 2 N–H and O–H groups in total. The molecule has 0 fully saturated rings. The molecule has 0 saturated heterocycles. The molecule has 2 amide bonds. The van der Waals surface area contributed by atoms with Crippen molar-refractivity contribution in [1.82, 2.24) is 0 Å². The van der Waals surface area contributed by atoms with Crippen LogP contribution in [0.2, 0.25) is 0 Å². The van der Waals surface area contributed by atoms with Crippen LogP contribution in [0.25, 0.3) is 0 Å². The fourth-order valence-electron chi connectivity index (χ4n) is 1.67. The Morgan fingerprint density at radius 2 is 1.43 bits per heavy atom. The van der Waals surface area contributed by atoms with Crippen molar-refractivity contribution in [3.63, 3.8) is 0 Å². The zero-order valence-corrected chi connectivity index (χ0v) is 14.3. The Morgan fingerprint density at radius 1 is 0.857 bits per heavy atom. The number of hydrogen-bond acceptors (Lipinski definition) is 2. The van der Waals surface area contributed by atoms with E-state index in [1.54, 1.807) is 36.4 Å². The molecule has 2 rings (SSSR count). The summed E-state index contributed by atoms with van der Waals surface area (Å²) in [5.41, 5.74) is 2.04. The molecule has 0 saturated carbocycles. The fourth-order valence-corrected chi connectivity index (χ4v) is 2.41. The molecule has 2 aromatic carbocycles. The van der Waals surface area contributed by atoms with E-state index < -0.39 is 11.8 Å². The lowest BCUT2D eigenvalue weighted by Gasteiger charge is -2.09. The van der Waals surface area contributed by atoms with E-state index in [0.29, 0.717) is 11.4 Å². The first kappa shape index (κ1) is 15.7. The molecule has 0 radical (unpaired) electrons. The molecule has 0 aliphatic heterocycles. The van der Waals surface area contributed by atoms with Crippen molar-refractivity contribution in [2.45, 2.75) is 6.92 Å². The maximum absolute atomic E-state index is 11.9. The maximum atomic E-state index is 11.9. The summed E-state index contributed by atoms with van der Waals surface area (Å²) in [4.78, 5) is 23.7. The van der Waals surface area contributed by atoms with Gasteiger partial charge in [0.25, 0.3) is 0 Å². The zero-order chi connectivity index (χ0) is 15.4. The van der Waals surface area contributed by atoms with Gasteiger partial charge in [-0.3, -0.25) is 9.59 Å². The first-order valence-corrected chi connectivity index (χ1v) is 7.68. The molecule has 6 heteroatoms. The number of benzene rings is 2. The number of rotatable bonds is 2. The highest BCUT2D eigenvalue weighted by molar-refractivity contribution is 9.10. The second-order valence-electron chi connectivity index (χ2n) is 4.37. The predicted molar refractivity (Wildman–Crippen MR) is 90.3 cm³/mol. The number of hydrogen-bond donors (Lipinski definition) is 2. The van der Waals surface area contributed by atoms with E-state index in [0.717, 1.165) is 14.5 Å². The Morgan fingerprint density at radius 3 is 2.05 bits per heavy atom. The summed E-state index contributed by atoms with van der Waals surface area (Å²) in [5.74, 6) is -1.41. The van der Waals surface area contributed by atoms with E-state index in [2.05, 4.69) is 42.5 Å². The van der Waals surface area contributed by atoms with Crippen molar-refractivity contribution >= 4 is 55.0 Å². The summed E-state index contributed by atoms with van der Waals surface area (Å²) < 4.78 is 1.81. The van der Waals surface area contributed by atoms with Crippen LogP contribution < -0.4 is 10.6 Å². The second kappa shape index (κ2) is 6.87. The lowest BCUT2D eigenvalue weighted by Crippen LogP contribution is -2.29. The number of nitrogens with one attached hydrogen (secondary N) is 2. The van der Waals surface area contributed by atoms with Gasteiger partial charge in [-0.2, -0.15) is 0 Å². The average molecular weight is 412 g/mol. The molecular weight excluding hydrogens is 400 g/mol. The van der Waals surface area contributed by atoms with E-state index in [1.165, 1.54) is 0 Å². The Kier molecular flexibility index (Phi) is 5.14. The molecule has 0 unspecified atom stereocenters. The van der Waals surface area contributed by atoms with Gasteiger partial charge in [0, 0.05) is 20.3 Å². The maximum Gasteiger partial charge on any atom is 0.314 e. The highest BCUT2D eigenvalue weighted by atomic mass is 79.9. The third-order valence-corrected chi connectivity index (χ3v) is 3.77. The van der Waals surface area contributed by atoms with Crippen molar-refractivity contribution in [1.29, 1.82) is 0 Å². The van der Waals surface area contributed by atoms with Gasteiger partial charge in [-0.15, -0.1) is 0 Å². The third kappa shape index (κ3) is 4.41. The van der Waals surface area contributed by atoms with Crippen molar-refractivity contribution < 1.29 is 9.59 Å². The largest absolute Gasteiger partial charge is 0.318 e. The number of amides is 2. The predicted octanol–water partition coefficient (Wildman–Crippen LogP) is 4.10. The molecule has 0 spiro atoms. The van der Waals surface area contributed by atoms with Gasteiger partial charge in [0.15, 0.2) is 0 Å². The molecule has 2 aromatic rings. The molecular formula is C15H12Br2N2O2. The van der Waals surface area contributed by atoms with Crippen molar-refractivity contribution in [3.05, 3.63) is 57.0 Å². The summed E-state index contributed by atoms with van der Waals surface area (Å²) >= 11 is 6.65. The fraction of sp³-hybridized carbons (Fsp3) is 0.0667. The smallest absolute Gasteiger partial charge is 0.314 e. The summed E-state index contributed by atoms with van der Waals surface area (Å²) in [7, 11) is 0. The van der Waals surface area contributed by atoms with Gasteiger partial charge in [-0.05, 0) is 55.0 Å². The SMILES string of the molecule is Cc1cc(Br)ccc1NC(=O)C(=O)Nc1ccc(Br)cc1. The van der Waals surface area contributed by atoms with E-state index in [4.69, 9.17) is 0 Å². The highest BCUT2D eigenvalue weighted by Gasteiger charge is 2.14. The number of aryl methyl sites for hydroxylation is 1. The van der Waals surface area contributed by atoms with Gasteiger partial charge in [-0.1, -0.05) is 31.9 Å². The Bertz CT molecular complexity index is 685. The summed E-state index contributed by atoms with van der Waals surface area (Å²) in [6.07, 6.45) is 0. The lowest BCUT2D eigenvalue weighted by atomic mass is 10.2. The standard InChI is InChI=1S/C15H12Br2N2O2/c1-9-8-11(17)4-7-13(9)19-15(21)14(20)18-12-5-2-10(16)3-6-12/h2-8H,1H3,(H,18,20)(H,19,21). The first-order chi connectivity index (χ1) is 9.95. The first-order valence-electron chi connectivity index (χ1n) is 6.10. The Hall–Kier alpha value is -1.66. The normalized spacial score (nSPS) is 10.0. The van der Waals surface area contributed by atoms with Crippen molar-refractivity contribution in [2.24, 2.45) is 0 Å². The number of halogens is 2. The van der Waals surface area contributed by atoms with Gasteiger partial charge in [-0.25, -0.2) is 0 Å². The Balaban J connectivity index is 2.02. The molecule has 0 heterocycles. The number of carbonyl (C=O) groups is 2. The van der Waals surface area contributed by atoms with Gasteiger partial charge >= 0.3 is 11.8 Å². The highest BCUT2D eigenvalue weighted by Crippen LogP contribution is 2.20. The Labute approximate surface area is 139 Å². The molecule has 0 atom stereocenters. The van der Waals surface area contributed by atoms with Crippen LogP contribution in [0.5, 0.6) is 0 Å². The molecule has 0 aromatic heterocycles. The minimum atomic E-state index is -0.709. The van der Waals surface area contributed by atoms with Crippen LogP contribution in [0.3, 0.4) is 0 Å². The van der Waals surface area contributed by atoms with Crippen LogP contribution >= 0.6 is 31.9 Å². The quantitative estimate of drug-likeness (QED) is 0.731.